The number of aromatic nitrogens is 2. The van der Waals surface area contributed by atoms with Gasteiger partial charge in [-0.05, 0) is 86.2 Å². The molecule has 1 N–H and O–H groups in total. The van der Waals surface area contributed by atoms with Crippen LogP contribution >= 0.6 is 12.2 Å². The monoisotopic (exact) mass is 498 g/mol. The van der Waals surface area contributed by atoms with E-state index < -0.39 is 0 Å². The van der Waals surface area contributed by atoms with Crippen molar-refractivity contribution < 1.29 is 9.47 Å². The van der Waals surface area contributed by atoms with Gasteiger partial charge >= 0.3 is 0 Å². The van der Waals surface area contributed by atoms with Crippen molar-refractivity contribution in [1.29, 1.82) is 0 Å². The van der Waals surface area contributed by atoms with E-state index in [9.17, 15) is 0 Å². The molecule has 7 heteroatoms. The fraction of sp³-hybridized carbons (Fsp3) is 0.241. The van der Waals surface area contributed by atoms with Crippen LogP contribution in [0.2, 0.25) is 0 Å². The second-order valence-electron chi connectivity index (χ2n) is 8.88. The second-order valence-corrected chi connectivity index (χ2v) is 9.26. The largest absolute Gasteiger partial charge is 0.457 e. The molecule has 1 saturated heterocycles. The highest BCUT2D eigenvalue weighted by atomic mass is 32.1. The molecule has 3 heterocycles. The molecule has 2 aromatic heterocycles. The van der Waals surface area contributed by atoms with Gasteiger partial charge in [0.2, 0.25) is 0 Å². The van der Waals surface area contributed by atoms with Crippen molar-refractivity contribution in [3.8, 4) is 11.5 Å². The minimum atomic E-state index is -0.0877. The van der Waals surface area contributed by atoms with E-state index in [-0.39, 0.29) is 12.1 Å². The first-order valence-corrected chi connectivity index (χ1v) is 12.5. The summed E-state index contributed by atoms with van der Waals surface area (Å²) in [6.45, 7) is 5.78. The summed E-state index contributed by atoms with van der Waals surface area (Å²) in [5.41, 5.74) is 5.58. The second kappa shape index (κ2) is 10.5. The SMILES string of the molecule is COCCn1c(C)cc([C@H]2[C@H](c3ccccn3)NC(=S)N2c2ccc(Oc3ccccc3)cc2)c1C. The number of pyridine rings is 1. The molecule has 0 saturated carbocycles. The van der Waals surface area contributed by atoms with E-state index in [1.54, 1.807) is 7.11 Å². The highest BCUT2D eigenvalue weighted by molar-refractivity contribution is 7.80. The average molecular weight is 499 g/mol. The van der Waals surface area contributed by atoms with E-state index >= 15 is 0 Å². The van der Waals surface area contributed by atoms with E-state index in [1.165, 1.54) is 17.0 Å². The maximum atomic E-state index is 6.01. The molecule has 0 bridgehead atoms. The van der Waals surface area contributed by atoms with Crippen LogP contribution in [0, 0.1) is 13.8 Å². The molecule has 2 aromatic carbocycles. The van der Waals surface area contributed by atoms with Crippen LogP contribution in [0.3, 0.4) is 0 Å². The molecule has 1 aliphatic rings. The van der Waals surface area contributed by atoms with Crippen LogP contribution in [-0.2, 0) is 11.3 Å². The first-order chi connectivity index (χ1) is 17.6. The number of benzene rings is 2. The molecule has 36 heavy (non-hydrogen) atoms. The maximum Gasteiger partial charge on any atom is 0.174 e. The number of hydrogen-bond donors (Lipinski definition) is 1. The van der Waals surface area contributed by atoms with Crippen molar-refractivity contribution in [3.05, 3.63) is 108 Å². The van der Waals surface area contributed by atoms with Crippen LogP contribution < -0.4 is 15.0 Å². The molecule has 4 aromatic rings. The number of thiocarbonyl (C=S) groups is 1. The Morgan fingerprint density at radius 3 is 2.36 bits per heavy atom. The molecule has 6 nitrogen and oxygen atoms in total. The fourth-order valence-corrected chi connectivity index (χ4v) is 5.25. The molecular formula is C29H30N4O2S. The molecular weight excluding hydrogens is 468 g/mol. The Labute approximate surface area is 217 Å². The first-order valence-electron chi connectivity index (χ1n) is 12.1. The maximum absolute atomic E-state index is 6.01. The van der Waals surface area contributed by atoms with Gasteiger partial charge < -0.3 is 24.3 Å². The van der Waals surface area contributed by atoms with Crippen LogP contribution in [0.1, 0.15) is 34.7 Å². The molecule has 5 rings (SSSR count). The lowest BCUT2D eigenvalue weighted by atomic mass is 9.96. The predicted molar refractivity (Wildman–Crippen MR) is 147 cm³/mol. The van der Waals surface area contributed by atoms with Crippen LogP contribution in [0.25, 0.3) is 0 Å². The molecule has 0 aliphatic carbocycles. The quantitative estimate of drug-likeness (QED) is 0.296. The summed E-state index contributed by atoms with van der Waals surface area (Å²) >= 11 is 5.90. The number of methoxy groups -OCH3 is 1. The number of rotatable bonds is 8. The van der Waals surface area contributed by atoms with E-state index in [4.69, 9.17) is 21.7 Å². The topological polar surface area (TPSA) is 51.5 Å². The van der Waals surface area contributed by atoms with Crippen molar-refractivity contribution in [2.75, 3.05) is 18.6 Å². The number of para-hydroxylation sites is 1. The third-order valence-corrected chi connectivity index (χ3v) is 6.96. The Morgan fingerprint density at radius 1 is 0.944 bits per heavy atom. The number of nitrogens with one attached hydrogen (secondary N) is 1. The molecule has 1 fully saturated rings. The summed E-state index contributed by atoms with van der Waals surface area (Å²) in [6, 6.07) is 26.0. The normalized spacial score (nSPS) is 17.3. The Balaban J connectivity index is 1.53. The van der Waals surface area contributed by atoms with Gasteiger partial charge in [0.05, 0.1) is 24.4 Å². The van der Waals surface area contributed by atoms with E-state index in [1.807, 2.05) is 60.8 Å². The minimum absolute atomic E-state index is 0.0595. The molecule has 0 radical (unpaired) electrons. The number of nitrogens with zero attached hydrogens (tertiary/aromatic N) is 3. The highest BCUT2D eigenvalue weighted by Gasteiger charge is 2.42. The summed E-state index contributed by atoms with van der Waals surface area (Å²) in [5.74, 6) is 1.58. The Hall–Kier alpha value is -3.68. The molecule has 1 aliphatic heterocycles. The number of ether oxygens (including phenoxy) is 2. The van der Waals surface area contributed by atoms with Crippen LogP contribution in [-0.4, -0.2) is 28.4 Å². The Morgan fingerprint density at radius 2 is 1.67 bits per heavy atom. The zero-order valence-corrected chi connectivity index (χ0v) is 21.5. The zero-order chi connectivity index (χ0) is 25.1. The lowest BCUT2D eigenvalue weighted by molar-refractivity contribution is 0.186. The van der Waals surface area contributed by atoms with E-state index in [0.29, 0.717) is 11.7 Å². The van der Waals surface area contributed by atoms with Crippen LogP contribution in [0.5, 0.6) is 11.5 Å². The number of anilines is 1. The summed E-state index contributed by atoms with van der Waals surface area (Å²) < 4.78 is 13.7. The molecule has 0 amide bonds. The van der Waals surface area contributed by atoms with Gasteiger partial charge in [0, 0.05) is 36.9 Å². The Kier molecular flexibility index (Phi) is 7.02. The summed E-state index contributed by atoms with van der Waals surface area (Å²) in [5, 5.41) is 4.23. The van der Waals surface area contributed by atoms with Crippen molar-refractivity contribution in [2.24, 2.45) is 0 Å². The van der Waals surface area contributed by atoms with Gasteiger partial charge in [-0.2, -0.15) is 0 Å². The smallest absolute Gasteiger partial charge is 0.174 e. The molecule has 0 spiro atoms. The molecule has 184 valence electrons. The predicted octanol–water partition coefficient (Wildman–Crippen LogP) is 6.12. The van der Waals surface area contributed by atoms with Gasteiger partial charge in [0.1, 0.15) is 11.5 Å². The van der Waals surface area contributed by atoms with Crippen molar-refractivity contribution in [1.82, 2.24) is 14.9 Å². The van der Waals surface area contributed by atoms with Crippen molar-refractivity contribution in [3.63, 3.8) is 0 Å². The van der Waals surface area contributed by atoms with E-state index in [2.05, 4.69) is 57.9 Å². The van der Waals surface area contributed by atoms with Gasteiger partial charge in [-0.1, -0.05) is 24.3 Å². The zero-order valence-electron chi connectivity index (χ0n) is 20.7. The lowest BCUT2D eigenvalue weighted by Gasteiger charge is -2.28. The number of aryl methyl sites for hydroxylation is 1. The highest BCUT2D eigenvalue weighted by Crippen LogP contribution is 2.43. The van der Waals surface area contributed by atoms with Crippen molar-refractivity contribution in [2.45, 2.75) is 32.5 Å². The molecule has 2 atom stereocenters. The average Bonchev–Trinajstić information content (AvgIpc) is 3.39. The minimum Gasteiger partial charge on any atom is -0.457 e. The third kappa shape index (κ3) is 4.72. The van der Waals surface area contributed by atoms with Crippen LogP contribution in [0.4, 0.5) is 5.69 Å². The first kappa shape index (κ1) is 24.0. The Bertz CT molecular complexity index is 1320. The van der Waals surface area contributed by atoms with Gasteiger partial charge in [-0.15, -0.1) is 0 Å². The number of hydrogen-bond acceptors (Lipinski definition) is 4. The summed E-state index contributed by atoms with van der Waals surface area (Å²) in [7, 11) is 1.73. The third-order valence-electron chi connectivity index (χ3n) is 6.64. The lowest BCUT2D eigenvalue weighted by Crippen LogP contribution is -2.29. The summed E-state index contributed by atoms with van der Waals surface area (Å²) in [6.07, 6.45) is 1.83. The van der Waals surface area contributed by atoms with Gasteiger partial charge in [-0.3, -0.25) is 4.98 Å². The summed E-state index contributed by atoms with van der Waals surface area (Å²) in [4.78, 5) is 6.87. The van der Waals surface area contributed by atoms with Crippen molar-refractivity contribution >= 4 is 23.0 Å². The van der Waals surface area contributed by atoms with Gasteiger partial charge in [0.15, 0.2) is 5.11 Å². The molecule has 0 unspecified atom stereocenters. The van der Waals surface area contributed by atoms with Gasteiger partial charge in [0.25, 0.3) is 0 Å². The van der Waals surface area contributed by atoms with Gasteiger partial charge in [-0.25, -0.2) is 0 Å². The van der Waals surface area contributed by atoms with Crippen LogP contribution in [0.15, 0.2) is 85.1 Å². The van der Waals surface area contributed by atoms with E-state index in [0.717, 1.165) is 29.4 Å². The fourth-order valence-electron chi connectivity index (χ4n) is 4.90. The standard InChI is InChI=1S/C29H30N4O2S/c1-20-19-25(21(2)32(20)17-18-34-3)28-27(26-11-7-8-16-30-26)31-29(36)33(28)22-12-14-24(15-13-22)35-23-9-5-4-6-10-23/h4-16,19,27-28H,17-18H2,1-3H3,(H,31,36)/t27-,28-/m0/s1.